The smallest absolute Gasteiger partial charge is 0.243 e. The minimum atomic E-state index is -3.48. The van der Waals surface area contributed by atoms with E-state index in [-0.39, 0.29) is 9.88 Å². The molecule has 0 amide bonds. The Hall–Kier alpha value is -0.980. The maximum absolute atomic E-state index is 12.5. The summed E-state index contributed by atoms with van der Waals surface area (Å²) < 4.78 is 26.5. The first kappa shape index (κ1) is 13.5. The molecule has 1 aromatic carbocycles. The fraction of sp³-hybridized carbons (Fsp3) is 0.417. The van der Waals surface area contributed by atoms with Gasteiger partial charge in [-0.25, -0.2) is 8.42 Å². The Labute approximate surface area is 113 Å². The fourth-order valence-electron chi connectivity index (χ4n) is 2.15. The Morgan fingerprint density at radius 3 is 2.67 bits per heavy atom. The van der Waals surface area contributed by atoms with E-state index in [1.54, 1.807) is 24.3 Å². The van der Waals surface area contributed by atoms with Crippen LogP contribution in [0.4, 0.5) is 0 Å². The van der Waals surface area contributed by atoms with Gasteiger partial charge in [-0.2, -0.15) is 4.31 Å². The fourth-order valence-corrected chi connectivity index (χ4v) is 4.17. The highest BCUT2D eigenvalue weighted by Gasteiger charge is 2.32. The average molecular weight is 284 g/mol. The van der Waals surface area contributed by atoms with Gasteiger partial charge in [0.25, 0.3) is 0 Å². The molecule has 0 aliphatic carbocycles. The molecule has 0 radical (unpaired) electrons. The molecule has 18 heavy (non-hydrogen) atoms. The number of thiocarbonyl (C=S) groups is 1. The predicted molar refractivity (Wildman–Crippen MR) is 74.9 cm³/mol. The van der Waals surface area contributed by atoms with E-state index in [1.165, 1.54) is 4.31 Å². The molecule has 2 N–H and O–H groups in total. The van der Waals surface area contributed by atoms with Crippen molar-refractivity contribution in [1.82, 2.24) is 4.31 Å². The maximum atomic E-state index is 12.5. The van der Waals surface area contributed by atoms with Crippen LogP contribution >= 0.6 is 12.2 Å². The normalized spacial score (nSPS) is 21.1. The zero-order valence-corrected chi connectivity index (χ0v) is 11.8. The van der Waals surface area contributed by atoms with Crippen molar-refractivity contribution in [2.75, 3.05) is 13.1 Å². The maximum Gasteiger partial charge on any atom is 0.243 e. The van der Waals surface area contributed by atoms with Crippen molar-refractivity contribution in [2.45, 2.75) is 18.2 Å². The van der Waals surface area contributed by atoms with Crippen molar-refractivity contribution < 1.29 is 8.42 Å². The quantitative estimate of drug-likeness (QED) is 0.851. The molecule has 0 spiro atoms. The minimum absolute atomic E-state index is 0.112. The van der Waals surface area contributed by atoms with Crippen LogP contribution in [-0.2, 0) is 10.0 Å². The third-order valence-corrected chi connectivity index (χ3v) is 5.30. The molecule has 1 unspecified atom stereocenters. The third kappa shape index (κ3) is 2.41. The lowest BCUT2D eigenvalue weighted by Crippen LogP contribution is -2.30. The van der Waals surface area contributed by atoms with E-state index in [4.69, 9.17) is 18.0 Å². The molecule has 1 heterocycles. The number of nitrogens with zero attached hydrogens (tertiary/aromatic N) is 1. The van der Waals surface area contributed by atoms with Crippen molar-refractivity contribution in [3.8, 4) is 0 Å². The molecule has 1 aromatic rings. The zero-order chi connectivity index (χ0) is 13.3. The molecule has 98 valence electrons. The molecule has 0 aromatic heterocycles. The molecule has 0 bridgehead atoms. The van der Waals surface area contributed by atoms with Crippen LogP contribution in [0, 0.1) is 5.92 Å². The van der Waals surface area contributed by atoms with Crippen LogP contribution < -0.4 is 5.73 Å². The Morgan fingerprint density at radius 2 is 2.11 bits per heavy atom. The largest absolute Gasteiger partial charge is 0.389 e. The highest BCUT2D eigenvalue weighted by Crippen LogP contribution is 2.26. The Balaban J connectivity index is 2.45. The Morgan fingerprint density at radius 1 is 1.44 bits per heavy atom. The zero-order valence-electron chi connectivity index (χ0n) is 10.2. The van der Waals surface area contributed by atoms with E-state index in [1.807, 2.05) is 0 Å². The first-order valence-electron chi connectivity index (χ1n) is 5.82. The standard InChI is InChI=1S/C12H16N2O2S2/c1-9-6-7-14(8-9)18(15,16)11-5-3-2-4-10(11)12(13)17/h2-5,9H,6-8H2,1H3,(H2,13,17). The van der Waals surface area contributed by atoms with Crippen LogP contribution in [0.1, 0.15) is 18.9 Å². The van der Waals surface area contributed by atoms with Crippen molar-refractivity contribution in [1.29, 1.82) is 0 Å². The lowest BCUT2D eigenvalue weighted by atomic mass is 10.2. The molecule has 6 heteroatoms. The predicted octanol–water partition coefficient (Wildman–Crippen LogP) is 1.35. The molecule has 2 rings (SSSR count). The molecular weight excluding hydrogens is 268 g/mol. The average Bonchev–Trinajstić information content (AvgIpc) is 2.76. The van der Waals surface area contributed by atoms with Crippen LogP contribution in [0.2, 0.25) is 0 Å². The topological polar surface area (TPSA) is 63.4 Å². The highest BCUT2D eigenvalue weighted by molar-refractivity contribution is 7.89. The van der Waals surface area contributed by atoms with E-state index < -0.39 is 10.0 Å². The van der Waals surface area contributed by atoms with Crippen molar-refractivity contribution >= 4 is 27.2 Å². The molecule has 4 nitrogen and oxygen atoms in total. The van der Waals surface area contributed by atoms with Gasteiger partial charge in [-0.1, -0.05) is 37.3 Å². The molecule has 1 saturated heterocycles. The van der Waals surface area contributed by atoms with Gasteiger partial charge in [0.15, 0.2) is 0 Å². The van der Waals surface area contributed by atoms with E-state index >= 15 is 0 Å². The number of hydrogen-bond acceptors (Lipinski definition) is 3. The van der Waals surface area contributed by atoms with E-state index in [0.29, 0.717) is 24.6 Å². The summed E-state index contributed by atoms with van der Waals surface area (Å²) in [5.41, 5.74) is 6.01. The lowest BCUT2D eigenvalue weighted by Gasteiger charge is -2.18. The second kappa shape index (κ2) is 4.95. The summed E-state index contributed by atoms with van der Waals surface area (Å²) in [5, 5.41) is 0. The third-order valence-electron chi connectivity index (χ3n) is 3.16. The second-order valence-electron chi connectivity index (χ2n) is 4.62. The van der Waals surface area contributed by atoms with Gasteiger partial charge in [0.2, 0.25) is 10.0 Å². The first-order chi connectivity index (χ1) is 8.43. The summed E-state index contributed by atoms with van der Waals surface area (Å²) in [4.78, 5) is 0.327. The summed E-state index contributed by atoms with van der Waals surface area (Å²) in [6.45, 7) is 3.18. The summed E-state index contributed by atoms with van der Waals surface area (Å²) in [7, 11) is -3.48. The van der Waals surface area contributed by atoms with Crippen LogP contribution in [0.3, 0.4) is 0 Å². The van der Waals surface area contributed by atoms with Gasteiger partial charge in [0.05, 0.1) is 4.90 Å². The van der Waals surface area contributed by atoms with Crippen molar-refractivity contribution in [3.63, 3.8) is 0 Å². The van der Waals surface area contributed by atoms with Gasteiger partial charge in [-0.05, 0) is 18.4 Å². The molecule has 0 saturated carbocycles. The SMILES string of the molecule is CC1CCN(S(=O)(=O)c2ccccc2C(N)=S)C1. The number of rotatable bonds is 3. The molecular formula is C12H16N2O2S2. The van der Waals surface area contributed by atoms with Crippen LogP contribution in [0.25, 0.3) is 0 Å². The van der Waals surface area contributed by atoms with Gasteiger partial charge in [-0.15, -0.1) is 0 Å². The van der Waals surface area contributed by atoms with Crippen LogP contribution in [0.15, 0.2) is 29.2 Å². The van der Waals surface area contributed by atoms with Gasteiger partial charge in [-0.3, -0.25) is 0 Å². The second-order valence-corrected chi connectivity index (χ2v) is 6.96. The first-order valence-corrected chi connectivity index (χ1v) is 7.66. The monoisotopic (exact) mass is 284 g/mol. The highest BCUT2D eigenvalue weighted by atomic mass is 32.2. The molecule has 1 aliphatic heterocycles. The molecule has 1 atom stereocenters. The van der Waals surface area contributed by atoms with Gasteiger partial charge < -0.3 is 5.73 Å². The molecule has 1 fully saturated rings. The van der Waals surface area contributed by atoms with Crippen molar-refractivity contribution in [3.05, 3.63) is 29.8 Å². The number of nitrogens with two attached hydrogens (primary N) is 1. The summed E-state index contributed by atoms with van der Waals surface area (Å²) in [6.07, 6.45) is 0.897. The van der Waals surface area contributed by atoms with Gasteiger partial charge in [0.1, 0.15) is 4.99 Å². The Kier molecular flexibility index (Phi) is 3.70. The van der Waals surface area contributed by atoms with Crippen LogP contribution in [-0.4, -0.2) is 30.8 Å². The summed E-state index contributed by atoms with van der Waals surface area (Å²) in [5.74, 6) is 0.400. The number of hydrogen-bond donors (Lipinski definition) is 1. The number of benzene rings is 1. The van der Waals surface area contributed by atoms with Crippen molar-refractivity contribution in [2.24, 2.45) is 11.7 Å². The molecule has 1 aliphatic rings. The van der Waals surface area contributed by atoms with E-state index in [9.17, 15) is 8.42 Å². The van der Waals surface area contributed by atoms with E-state index in [2.05, 4.69) is 6.92 Å². The van der Waals surface area contributed by atoms with Crippen LogP contribution in [0.5, 0.6) is 0 Å². The van der Waals surface area contributed by atoms with Gasteiger partial charge in [0, 0.05) is 18.7 Å². The Bertz CT molecular complexity index is 569. The number of sulfonamides is 1. The minimum Gasteiger partial charge on any atom is -0.389 e. The van der Waals surface area contributed by atoms with E-state index in [0.717, 1.165) is 6.42 Å². The summed E-state index contributed by atoms with van der Waals surface area (Å²) >= 11 is 4.91. The van der Waals surface area contributed by atoms with Gasteiger partial charge >= 0.3 is 0 Å². The summed E-state index contributed by atoms with van der Waals surface area (Å²) in [6, 6.07) is 6.63. The lowest BCUT2D eigenvalue weighted by molar-refractivity contribution is 0.464.